The number of aromatic nitrogens is 1. The van der Waals surface area contributed by atoms with Crippen molar-refractivity contribution in [3.8, 4) is 0 Å². The Morgan fingerprint density at radius 3 is 2.59 bits per heavy atom. The van der Waals surface area contributed by atoms with Gasteiger partial charge >= 0.3 is 12.2 Å². The van der Waals surface area contributed by atoms with Gasteiger partial charge in [0.05, 0.1) is 22.2 Å². The van der Waals surface area contributed by atoms with Crippen LogP contribution in [0.4, 0.5) is 28.8 Å². The summed E-state index contributed by atoms with van der Waals surface area (Å²) in [5.74, 6) is 0. The molecule has 158 valence electrons. The number of sulfonamides is 1. The van der Waals surface area contributed by atoms with Crippen LogP contribution in [0.2, 0.25) is 0 Å². The van der Waals surface area contributed by atoms with Crippen LogP contribution in [0.1, 0.15) is 30.0 Å². The number of hydrogen-bond acceptors (Lipinski definition) is 5. The number of hydrogen-bond donors (Lipinski definition) is 2. The van der Waals surface area contributed by atoms with E-state index < -0.39 is 33.0 Å². The van der Waals surface area contributed by atoms with E-state index in [-0.39, 0.29) is 17.4 Å². The van der Waals surface area contributed by atoms with E-state index in [0.29, 0.717) is 23.5 Å². The number of para-hydroxylation sites is 1. The van der Waals surface area contributed by atoms with Crippen molar-refractivity contribution in [1.29, 1.82) is 0 Å². The number of thiazole rings is 1. The number of anilines is 2. The summed E-state index contributed by atoms with van der Waals surface area (Å²) < 4.78 is 65.1. The molecule has 0 unspecified atom stereocenters. The molecule has 2 heterocycles. The van der Waals surface area contributed by atoms with Gasteiger partial charge in [-0.25, -0.2) is 18.2 Å². The quantitative estimate of drug-likeness (QED) is 0.742. The average Bonchev–Trinajstić information content (AvgIpc) is 3.02. The van der Waals surface area contributed by atoms with E-state index in [4.69, 9.17) is 0 Å². The van der Waals surface area contributed by atoms with Gasteiger partial charge < -0.3 is 5.32 Å². The van der Waals surface area contributed by atoms with Crippen molar-refractivity contribution >= 4 is 38.2 Å². The summed E-state index contributed by atoms with van der Waals surface area (Å²) >= 11 is 1.10. The Morgan fingerprint density at radius 1 is 1.24 bits per heavy atom. The van der Waals surface area contributed by atoms with E-state index in [0.717, 1.165) is 23.5 Å². The van der Waals surface area contributed by atoms with Crippen LogP contribution in [0.15, 0.2) is 24.3 Å². The molecule has 12 heteroatoms. The minimum Gasteiger partial charge on any atom is -0.307 e. The lowest BCUT2D eigenvalue weighted by atomic mass is 10.1. The van der Waals surface area contributed by atoms with E-state index in [1.165, 1.54) is 16.4 Å². The van der Waals surface area contributed by atoms with E-state index >= 15 is 0 Å². The zero-order chi connectivity index (χ0) is 21.4. The third-order valence-electron chi connectivity index (χ3n) is 4.35. The zero-order valence-corrected chi connectivity index (χ0v) is 17.2. The molecule has 0 fully saturated rings. The highest BCUT2D eigenvalue weighted by Crippen LogP contribution is 2.35. The summed E-state index contributed by atoms with van der Waals surface area (Å²) in [4.78, 5) is 17.1. The Balaban J connectivity index is 1.71. The van der Waals surface area contributed by atoms with Crippen LogP contribution in [0.3, 0.4) is 0 Å². The van der Waals surface area contributed by atoms with Gasteiger partial charge in [-0.3, -0.25) is 5.32 Å². The lowest BCUT2D eigenvalue weighted by Gasteiger charge is -2.26. The number of halogens is 3. The Labute approximate surface area is 170 Å². The number of benzene rings is 1. The standard InChI is InChI=1S/C17H19F3N4O3S2/c1-10(2)29(26,27)24-8-7-13-14(9-24)28-16(22-13)23-15(25)21-12-6-4-3-5-11(12)17(18,19)20/h3-6,10H,7-9H2,1-2H3,(H2,21,22,23,25). The molecule has 0 bridgehead atoms. The van der Waals surface area contributed by atoms with Gasteiger partial charge in [-0.05, 0) is 26.0 Å². The molecule has 0 radical (unpaired) electrons. The van der Waals surface area contributed by atoms with Crippen molar-refractivity contribution in [2.24, 2.45) is 0 Å². The molecule has 0 atom stereocenters. The summed E-state index contributed by atoms with van der Waals surface area (Å²) in [5, 5.41) is 4.26. The molecular weight excluding hydrogens is 429 g/mol. The zero-order valence-electron chi connectivity index (χ0n) is 15.6. The molecular formula is C17H19F3N4O3S2. The van der Waals surface area contributed by atoms with E-state index in [2.05, 4.69) is 15.6 Å². The third-order valence-corrected chi connectivity index (χ3v) is 7.57. The first-order valence-electron chi connectivity index (χ1n) is 8.70. The first-order valence-corrected chi connectivity index (χ1v) is 11.0. The number of alkyl halides is 3. The molecule has 3 rings (SSSR count). The van der Waals surface area contributed by atoms with Gasteiger partial charge in [0.25, 0.3) is 0 Å². The fourth-order valence-corrected chi connectivity index (χ4v) is 5.18. The fourth-order valence-electron chi connectivity index (χ4n) is 2.83. The number of nitrogens with one attached hydrogen (secondary N) is 2. The smallest absolute Gasteiger partial charge is 0.307 e. The minimum absolute atomic E-state index is 0.160. The van der Waals surface area contributed by atoms with Crippen LogP contribution >= 0.6 is 11.3 Å². The monoisotopic (exact) mass is 448 g/mol. The highest BCUT2D eigenvalue weighted by atomic mass is 32.2. The largest absolute Gasteiger partial charge is 0.418 e. The van der Waals surface area contributed by atoms with Gasteiger partial charge in [0.1, 0.15) is 0 Å². The first kappa shape index (κ1) is 21.5. The van der Waals surface area contributed by atoms with Crippen LogP contribution in [-0.2, 0) is 29.2 Å². The van der Waals surface area contributed by atoms with Crippen molar-refractivity contribution < 1.29 is 26.4 Å². The normalized spacial score (nSPS) is 15.2. The van der Waals surface area contributed by atoms with Crippen LogP contribution in [0.25, 0.3) is 0 Å². The topological polar surface area (TPSA) is 91.4 Å². The van der Waals surface area contributed by atoms with E-state index in [9.17, 15) is 26.4 Å². The highest BCUT2D eigenvalue weighted by Gasteiger charge is 2.34. The second-order valence-electron chi connectivity index (χ2n) is 6.69. The van der Waals surface area contributed by atoms with Crippen molar-refractivity contribution in [3.63, 3.8) is 0 Å². The van der Waals surface area contributed by atoms with Gasteiger partial charge in [0.2, 0.25) is 10.0 Å². The summed E-state index contributed by atoms with van der Waals surface area (Å²) in [6, 6.07) is 3.79. The summed E-state index contributed by atoms with van der Waals surface area (Å²) in [7, 11) is -3.41. The molecule has 1 aliphatic rings. The van der Waals surface area contributed by atoms with Gasteiger partial charge in [-0.1, -0.05) is 23.5 Å². The van der Waals surface area contributed by atoms with E-state index in [1.807, 2.05) is 0 Å². The predicted octanol–water partition coefficient (Wildman–Crippen LogP) is 3.90. The molecule has 7 nitrogen and oxygen atoms in total. The molecule has 0 spiro atoms. The maximum atomic E-state index is 13.0. The highest BCUT2D eigenvalue weighted by molar-refractivity contribution is 7.89. The molecule has 1 aliphatic heterocycles. The number of amides is 2. The van der Waals surface area contributed by atoms with Crippen molar-refractivity contribution in [3.05, 3.63) is 40.4 Å². The first-order chi connectivity index (χ1) is 13.5. The number of fused-ring (bicyclic) bond motifs is 1. The minimum atomic E-state index is -4.60. The summed E-state index contributed by atoms with van der Waals surface area (Å²) in [6.45, 7) is 3.66. The average molecular weight is 448 g/mol. The lowest BCUT2D eigenvalue weighted by molar-refractivity contribution is -0.136. The van der Waals surface area contributed by atoms with Gasteiger partial charge in [-0.15, -0.1) is 0 Å². The molecule has 0 saturated heterocycles. The number of nitrogens with zero attached hydrogens (tertiary/aromatic N) is 2. The Hall–Kier alpha value is -2.18. The van der Waals surface area contributed by atoms with Crippen molar-refractivity contribution in [2.75, 3.05) is 17.2 Å². The van der Waals surface area contributed by atoms with Gasteiger partial charge in [0.15, 0.2) is 5.13 Å². The Kier molecular flexibility index (Phi) is 5.88. The number of carbonyl (C=O) groups is 1. The number of urea groups is 1. The summed E-state index contributed by atoms with van der Waals surface area (Å²) in [5.41, 5.74) is -0.646. The van der Waals surface area contributed by atoms with Crippen LogP contribution in [0, 0.1) is 0 Å². The second-order valence-corrected chi connectivity index (χ2v) is 10.3. The van der Waals surface area contributed by atoms with E-state index in [1.54, 1.807) is 13.8 Å². The van der Waals surface area contributed by atoms with Crippen LogP contribution in [-0.4, -0.2) is 35.5 Å². The Morgan fingerprint density at radius 2 is 1.93 bits per heavy atom. The van der Waals surface area contributed by atoms with Gasteiger partial charge in [-0.2, -0.15) is 17.5 Å². The maximum Gasteiger partial charge on any atom is 0.418 e. The fraction of sp³-hybridized carbons (Fsp3) is 0.412. The molecule has 2 aromatic rings. The predicted molar refractivity (Wildman–Crippen MR) is 104 cm³/mol. The molecule has 1 aromatic heterocycles. The molecule has 1 aromatic carbocycles. The summed E-state index contributed by atoms with van der Waals surface area (Å²) in [6.07, 6.45) is -4.20. The number of rotatable bonds is 4. The molecule has 2 amide bonds. The van der Waals surface area contributed by atoms with Crippen molar-refractivity contribution in [1.82, 2.24) is 9.29 Å². The molecule has 0 aliphatic carbocycles. The van der Waals surface area contributed by atoms with Crippen LogP contribution in [0.5, 0.6) is 0 Å². The SMILES string of the molecule is CC(C)S(=O)(=O)N1CCc2nc(NC(=O)Nc3ccccc3C(F)(F)F)sc2C1. The maximum absolute atomic E-state index is 13.0. The lowest BCUT2D eigenvalue weighted by Crippen LogP contribution is -2.39. The molecule has 0 saturated carbocycles. The van der Waals surface area contributed by atoms with Gasteiger partial charge in [0, 0.05) is 24.4 Å². The molecule has 2 N–H and O–H groups in total. The second kappa shape index (κ2) is 7.92. The van der Waals surface area contributed by atoms with Crippen LogP contribution < -0.4 is 10.6 Å². The number of carbonyl (C=O) groups excluding carboxylic acids is 1. The third kappa shape index (κ3) is 4.70. The molecule has 29 heavy (non-hydrogen) atoms. The van der Waals surface area contributed by atoms with Crippen molar-refractivity contribution in [2.45, 2.75) is 38.2 Å². The Bertz CT molecular complexity index is 1020.